The van der Waals surface area contributed by atoms with Gasteiger partial charge in [-0.3, -0.25) is 0 Å². The van der Waals surface area contributed by atoms with Crippen molar-refractivity contribution in [1.82, 2.24) is 20.0 Å². The van der Waals surface area contributed by atoms with Gasteiger partial charge in [0.25, 0.3) is 0 Å². The lowest BCUT2D eigenvalue weighted by molar-refractivity contribution is -0.143. The maximum absolute atomic E-state index is 12.7. The second-order valence-corrected chi connectivity index (χ2v) is 4.21. The lowest BCUT2D eigenvalue weighted by Gasteiger charge is -2.09. The summed E-state index contributed by atoms with van der Waals surface area (Å²) in [6.45, 7) is 0. The van der Waals surface area contributed by atoms with Crippen LogP contribution in [0.3, 0.4) is 0 Å². The van der Waals surface area contributed by atoms with Gasteiger partial charge < -0.3 is 0 Å². The first-order valence-electron chi connectivity index (χ1n) is 4.20. The summed E-state index contributed by atoms with van der Waals surface area (Å²) in [6, 6.07) is 2.63. The molecule has 0 atom stereocenters. The highest BCUT2D eigenvalue weighted by molar-refractivity contribution is 9.10. The molecule has 0 aliphatic rings. The molecule has 0 radical (unpaired) electrons. The smallest absolute Gasteiger partial charge is 0.207 e. The van der Waals surface area contributed by atoms with E-state index in [0.717, 1.165) is 6.20 Å². The molecule has 0 aliphatic carbocycles. The van der Waals surface area contributed by atoms with Gasteiger partial charge in [-0.1, -0.05) is 11.6 Å². The average molecular weight is 327 g/mol. The molecule has 0 saturated heterocycles. The van der Waals surface area contributed by atoms with Crippen LogP contribution in [0.5, 0.6) is 0 Å². The zero-order valence-electron chi connectivity index (χ0n) is 7.91. The van der Waals surface area contributed by atoms with Crippen LogP contribution in [0.25, 0.3) is 5.82 Å². The Bertz CT molecular complexity index is 537. The first-order chi connectivity index (χ1) is 7.89. The summed E-state index contributed by atoms with van der Waals surface area (Å²) >= 11 is 8.29. The van der Waals surface area contributed by atoms with Crippen LogP contribution in [-0.2, 0) is 6.18 Å². The van der Waals surface area contributed by atoms with Gasteiger partial charge in [-0.15, -0.1) is 10.2 Å². The Morgan fingerprint density at radius 1 is 1.24 bits per heavy atom. The van der Waals surface area contributed by atoms with E-state index in [1.54, 1.807) is 0 Å². The van der Waals surface area contributed by atoms with Crippen LogP contribution < -0.4 is 0 Å². The zero-order chi connectivity index (χ0) is 12.6. The molecule has 4 nitrogen and oxygen atoms in total. The van der Waals surface area contributed by atoms with Crippen molar-refractivity contribution in [3.05, 3.63) is 33.6 Å². The highest BCUT2D eigenvalue weighted by Crippen LogP contribution is 2.35. The second-order valence-electron chi connectivity index (χ2n) is 2.96. The van der Waals surface area contributed by atoms with Crippen molar-refractivity contribution >= 4 is 27.5 Å². The molecule has 0 saturated carbocycles. The number of hydrogen-bond donors (Lipinski definition) is 0. The third-order valence-corrected chi connectivity index (χ3v) is 2.61. The Balaban J connectivity index is 2.57. The monoisotopic (exact) mass is 326 g/mol. The van der Waals surface area contributed by atoms with Crippen molar-refractivity contribution in [2.45, 2.75) is 6.18 Å². The summed E-state index contributed by atoms with van der Waals surface area (Å²) in [5.74, 6) is -0.0626. The molecule has 0 amide bonds. The number of halogens is 5. The SMILES string of the molecule is FC(F)(F)c1c(Br)cnn1-c1ccc(Cl)nn1. The van der Waals surface area contributed by atoms with E-state index in [4.69, 9.17) is 11.6 Å². The van der Waals surface area contributed by atoms with Crippen molar-refractivity contribution in [3.8, 4) is 5.82 Å². The molecule has 9 heteroatoms. The lowest BCUT2D eigenvalue weighted by atomic mass is 10.4. The molecule has 0 fully saturated rings. The highest BCUT2D eigenvalue weighted by atomic mass is 79.9. The minimum absolute atomic E-state index is 0.0626. The molecule has 0 spiro atoms. The van der Waals surface area contributed by atoms with Gasteiger partial charge in [0, 0.05) is 0 Å². The summed E-state index contributed by atoms with van der Waals surface area (Å²) in [5.41, 5.74) is -0.950. The molecule has 0 aromatic carbocycles. The molecule has 0 unspecified atom stereocenters. The Kier molecular flexibility index (Phi) is 3.09. The van der Waals surface area contributed by atoms with E-state index in [0.29, 0.717) is 4.68 Å². The Morgan fingerprint density at radius 3 is 2.47 bits per heavy atom. The predicted octanol–water partition coefficient (Wildman–Crippen LogP) is 3.10. The van der Waals surface area contributed by atoms with Crippen LogP contribution in [0.1, 0.15) is 5.69 Å². The average Bonchev–Trinajstić information content (AvgIpc) is 2.61. The number of rotatable bonds is 1. The minimum Gasteiger partial charge on any atom is -0.207 e. The molecule has 90 valence electrons. The predicted molar refractivity (Wildman–Crippen MR) is 56.9 cm³/mol. The van der Waals surface area contributed by atoms with Crippen LogP contribution in [0, 0.1) is 0 Å². The fourth-order valence-corrected chi connectivity index (χ4v) is 1.76. The first kappa shape index (κ1) is 12.3. The fraction of sp³-hybridized carbons (Fsp3) is 0.125. The Labute approximate surface area is 107 Å². The maximum atomic E-state index is 12.7. The van der Waals surface area contributed by atoms with Crippen molar-refractivity contribution in [1.29, 1.82) is 0 Å². The summed E-state index contributed by atoms with van der Waals surface area (Å²) in [5, 5.41) is 10.7. The summed E-state index contributed by atoms with van der Waals surface area (Å²) in [7, 11) is 0. The van der Waals surface area contributed by atoms with E-state index < -0.39 is 11.9 Å². The third kappa shape index (κ3) is 2.42. The third-order valence-electron chi connectivity index (χ3n) is 1.83. The molecule has 2 rings (SSSR count). The van der Waals surface area contributed by atoms with Gasteiger partial charge in [0.05, 0.1) is 10.7 Å². The Morgan fingerprint density at radius 2 is 1.94 bits per heavy atom. The second kappa shape index (κ2) is 4.26. The van der Waals surface area contributed by atoms with Crippen molar-refractivity contribution in [2.24, 2.45) is 0 Å². The van der Waals surface area contributed by atoms with E-state index in [-0.39, 0.29) is 15.4 Å². The van der Waals surface area contributed by atoms with Crippen molar-refractivity contribution in [3.63, 3.8) is 0 Å². The van der Waals surface area contributed by atoms with Gasteiger partial charge in [0.15, 0.2) is 16.7 Å². The van der Waals surface area contributed by atoms with Gasteiger partial charge in [-0.25, -0.2) is 4.68 Å². The summed E-state index contributed by atoms with van der Waals surface area (Å²) in [4.78, 5) is 0. The van der Waals surface area contributed by atoms with E-state index in [2.05, 4.69) is 31.2 Å². The molecule has 2 aromatic rings. The highest BCUT2D eigenvalue weighted by Gasteiger charge is 2.38. The van der Waals surface area contributed by atoms with Gasteiger partial charge in [0.2, 0.25) is 0 Å². The van der Waals surface area contributed by atoms with Gasteiger partial charge in [0.1, 0.15) is 0 Å². The van der Waals surface area contributed by atoms with Gasteiger partial charge in [-0.2, -0.15) is 18.3 Å². The van der Waals surface area contributed by atoms with E-state index in [9.17, 15) is 13.2 Å². The van der Waals surface area contributed by atoms with E-state index in [1.807, 2.05) is 0 Å². The molecule has 0 bridgehead atoms. The van der Waals surface area contributed by atoms with Gasteiger partial charge in [-0.05, 0) is 28.1 Å². The number of nitrogens with zero attached hydrogens (tertiary/aromatic N) is 4. The van der Waals surface area contributed by atoms with Crippen LogP contribution in [0.2, 0.25) is 5.15 Å². The zero-order valence-corrected chi connectivity index (χ0v) is 10.3. The molecule has 17 heavy (non-hydrogen) atoms. The molecule has 0 N–H and O–H groups in total. The van der Waals surface area contributed by atoms with Crippen molar-refractivity contribution in [2.75, 3.05) is 0 Å². The van der Waals surface area contributed by atoms with Crippen LogP contribution in [-0.4, -0.2) is 20.0 Å². The summed E-state index contributed by atoms with van der Waals surface area (Å²) in [6.07, 6.45) is -3.50. The van der Waals surface area contributed by atoms with Crippen LogP contribution in [0.4, 0.5) is 13.2 Å². The number of alkyl halides is 3. The molecule has 2 heterocycles. The minimum atomic E-state index is -4.54. The number of hydrogen-bond acceptors (Lipinski definition) is 3. The number of aromatic nitrogens is 4. The quantitative estimate of drug-likeness (QED) is 0.808. The van der Waals surface area contributed by atoms with E-state index >= 15 is 0 Å². The molecular formula is C8H3BrClF3N4. The molecule has 2 aromatic heterocycles. The standard InChI is InChI=1S/C8H3BrClF3N4/c9-4-3-14-17(7(4)8(11,12)13)6-2-1-5(10)15-16-6/h1-3H. The van der Waals surface area contributed by atoms with Gasteiger partial charge >= 0.3 is 6.18 Å². The topological polar surface area (TPSA) is 43.6 Å². The van der Waals surface area contributed by atoms with Crippen LogP contribution in [0.15, 0.2) is 22.8 Å². The van der Waals surface area contributed by atoms with Crippen LogP contribution >= 0.6 is 27.5 Å². The Hall–Kier alpha value is -1.15. The van der Waals surface area contributed by atoms with Crippen molar-refractivity contribution < 1.29 is 13.2 Å². The summed E-state index contributed by atoms with van der Waals surface area (Å²) < 4.78 is 38.7. The van der Waals surface area contributed by atoms with E-state index in [1.165, 1.54) is 12.1 Å². The largest absolute Gasteiger partial charge is 0.434 e. The lowest BCUT2D eigenvalue weighted by Crippen LogP contribution is -2.15. The molecule has 0 aliphatic heterocycles. The maximum Gasteiger partial charge on any atom is 0.434 e. The normalized spacial score (nSPS) is 11.8. The fourth-order valence-electron chi connectivity index (χ4n) is 1.18. The first-order valence-corrected chi connectivity index (χ1v) is 5.37. The molecular weight excluding hydrogens is 324 g/mol.